The van der Waals surface area contributed by atoms with E-state index >= 15 is 0 Å². The van der Waals surface area contributed by atoms with Crippen molar-refractivity contribution in [1.82, 2.24) is 0 Å². The third-order valence-electron chi connectivity index (χ3n) is 5.28. The van der Waals surface area contributed by atoms with Gasteiger partial charge in [0.1, 0.15) is 6.61 Å². The van der Waals surface area contributed by atoms with Gasteiger partial charge in [0.25, 0.3) is 0 Å². The topological polar surface area (TPSA) is 63.6 Å². The molecule has 0 heterocycles. The first-order chi connectivity index (χ1) is 13.1. The van der Waals surface area contributed by atoms with Crippen molar-refractivity contribution >= 4 is 11.9 Å². The molecule has 0 radical (unpaired) electrons. The maximum Gasteiger partial charge on any atom is 0.320 e. The molecule has 0 spiro atoms. The molecule has 4 nitrogen and oxygen atoms in total. The maximum absolute atomic E-state index is 12.4. The summed E-state index contributed by atoms with van der Waals surface area (Å²) in [6, 6.07) is 16.2. The zero-order chi connectivity index (χ0) is 19.2. The van der Waals surface area contributed by atoms with Gasteiger partial charge < -0.3 is 9.84 Å². The smallest absolute Gasteiger partial charge is 0.320 e. The van der Waals surface area contributed by atoms with Crippen LogP contribution in [0.25, 0.3) is 11.1 Å². The number of fused-ring (bicyclic) bond motifs is 3. The van der Waals surface area contributed by atoms with Crippen LogP contribution in [0.5, 0.6) is 0 Å². The lowest BCUT2D eigenvalue weighted by molar-refractivity contribution is -0.159. The van der Waals surface area contributed by atoms with E-state index in [-0.39, 0.29) is 12.5 Å². The van der Waals surface area contributed by atoms with Gasteiger partial charge in [-0.05, 0) is 28.7 Å². The molecule has 0 fully saturated rings. The number of unbranched alkanes of at least 4 members (excludes halogenated alkanes) is 3. The van der Waals surface area contributed by atoms with Gasteiger partial charge in [0, 0.05) is 5.92 Å². The van der Waals surface area contributed by atoms with Crippen molar-refractivity contribution in [2.75, 3.05) is 6.61 Å². The second-order valence-electron chi connectivity index (χ2n) is 7.10. The predicted octanol–water partition coefficient (Wildman–Crippen LogP) is 5.01. The maximum atomic E-state index is 12.4. The van der Waals surface area contributed by atoms with Crippen LogP contribution in [0.4, 0.5) is 0 Å². The Hall–Kier alpha value is -2.62. The molecule has 27 heavy (non-hydrogen) atoms. The molecule has 1 aliphatic rings. The van der Waals surface area contributed by atoms with Crippen LogP contribution in [-0.2, 0) is 14.3 Å². The van der Waals surface area contributed by atoms with Crippen LogP contribution >= 0.6 is 0 Å². The first kappa shape index (κ1) is 19.2. The average Bonchev–Trinajstić information content (AvgIpc) is 3.00. The highest BCUT2D eigenvalue weighted by molar-refractivity contribution is 5.94. The van der Waals surface area contributed by atoms with E-state index in [1.54, 1.807) is 0 Å². The molecular formula is C23H26O4. The average molecular weight is 366 g/mol. The van der Waals surface area contributed by atoms with E-state index in [4.69, 9.17) is 4.74 Å². The lowest BCUT2D eigenvalue weighted by Gasteiger charge is -2.17. The van der Waals surface area contributed by atoms with Crippen molar-refractivity contribution in [2.45, 2.75) is 44.9 Å². The van der Waals surface area contributed by atoms with Crippen molar-refractivity contribution in [3.63, 3.8) is 0 Å². The number of carboxylic acids is 1. The van der Waals surface area contributed by atoms with Crippen LogP contribution in [-0.4, -0.2) is 23.7 Å². The minimum absolute atomic E-state index is 0.0455. The second kappa shape index (κ2) is 8.85. The summed E-state index contributed by atoms with van der Waals surface area (Å²) in [4.78, 5) is 23.9. The summed E-state index contributed by atoms with van der Waals surface area (Å²) < 4.78 is 5.50. The molecule has 0 amide bonds. The molecule has 0 aliphatic heterocycles. The van der Waals surface area contributed by atoms with E-state index in [1.807, 2.05) is 36.4 Å². The quantitative estimate of drug-likeness (QED) is 0.385. The van der Waals surface area contributed by atoms with Crippen LogP contribution in [0, 0.1) is 5.92 Å². The Morgan fingerprint density at radius 3 is 2.11 bits per heavy atom. The fourth-order valence-electron chi connectivity index (χ4n) is 3.82. The second-order valence-corrected chi connectivity index (χ2v) is 7.10. The molecule has 0 aromatic heterocycles. The first-order valence-corrected chi connectivity index (χ1v) is 9.71. The largest absolute Gasteiger partial charge is 0.481 e. The molecular weight excluding hydrogens is 340 g/mol. The third kappa shape index (κ3) is 4.21. The number of benzene rings is 2. The Kier molecular flexibility index (Phi) is 6.28. The monoisotopic (exact) mass is 366 g/mol. The predicted molar refractivity (Wildman–Crippen MR) is 105 cm³/mol. The molecule has 1 unspecified atom stereocenters. The molecule has 1 aliphatic carbocycles. The van der Waals surface area contributed by atoms with Crippen LogP contribution in [0.2, 0.25) is 0 Å². The summed E-state index contributed by atoms with van der Waals surface area (Å²) in [5.74, 6) is -2.84. The highest BCUT2D eigenvalue weighted by Gasteiger charge is 2.32. The van der Waals surface area contributed by atoms with Crippen LogP contribution in [0.1, 0.15) is 56.1 Å². The fraction of sp³-hybridized carbons (Fsp3) is 0.391. The summed E-state index contributed by atoms with van der Waals surface area (Å²) >= 11 is 0. The Morgan fingerprint density at radius 2 is 1.56 bits per heavy atom. The third-order valence-corrected chi connectivity index (χ3v) is 5.28. The van der Waals surface area contributed by atoms with E-state index in [0.29, 0.717) is 6.42 Å². The number of carbonyl (C=O) groups excluding carboxylic acids is 1. The number of carbonyl (C=O) groups is 2. The molecule has 2 aromatic carbocycles. The van der Waals surface area contributed by atoms with Crippen molar-refractivity contribution in [2.24, 2.45) is 5.92 Å². The molecule has 1 atom stereocenters. The molecule has 0 saturated heterocycles. The highest BCUT2D eigenvalue weighted by Crippen LogP contribution is 2.44. The number of hydrogen-bond acceptors (Lipinski definition) is 3. The van der Waals surface area contributed by atoms with Gasteiger partial charge in [-0.1, -0.05) is 81.1 Å². The molecule has 3 rings (SSSR count). The van der Waals surface area contributed by atoms with Gasteiger partial charge in [-0.3, -0.25) is 9.59 Å². The fourth-order valence-corrected chi connectivity index (χ4v) is 3.82. The van der Waals surface area contributed by atoms with Gasteiger partial charge in [-0.25, -0.2) is 0 Å². The van der Waals surface area contributed by atoms with Crippen molar-refractivity contribution < 1.29 is 19.4 Å². The van der Waals surface area contributed by atoms with Crippen LogP contribution < -0.4 is 0 Å². The normalized spacial score (nSPS) is 13.7. The van der Waals surface area contributed by atoms with Gasteiger partial charge in [0.15, 0.2) is 5.92 Å². The molecule has 1 N–H and O–H groups in total. The van der Waals surface area contributed by atoms with Crippen molar-refractivity contribution in [3.8, 4) is 11.1 Å². The van der Waals surface area contributed by atoms with E-state index in [1.165, 1.54) is 0 Å². The molecule has 0 saturated carbocycles. The zero-order valence-corrected chi connectivity index (χ0v) is 15.7. The van der Waals surface area contributed by atoms with Gasteiger partial charge in [0.05, 0.1) is 0 Å². The molecule has 0 bridgehead atoms. The summed E-state index contributed by atoms with van der Waals surface area (Å²) in [7, 11) is 0. The Bertz CT molecular complexity index is 766. The molecule has 142 valence electrons. The SMILES string of the molecule is CCCCCCC(C(=O)O)C(=O)OCC1c2ccccc2-c2ccccc21. The van der Waals surface area contributed by atoms with E-state index in [2.05, 4.69) is 19.1 Å². The number of carboxylic acid groups (broad SMARTS) is 1. The summed E-state index contributed by atoms with van der Waals surface area (Å²) in [5.41, 5.74) is 4.56. The summed E-state index contributed by atoms with van der Waals surface area (Å²) in [6.45, 7) is 2.27. The minimum atomic E-state index is -1.09. The lowest BCUT2D eigenvalue weighted by Crippen LogP contribution is -2.27. The van der Waals surface area contributed by atoms with E-state index in [9.17, 15) is 14.7 Å². The van der Waals surface area contributed by atoms with Crippen LogP contribution in [0.15, 0.2) is 48.5 Å². The Balaban J connectivity index is 1.68. The molecule has 2 aromatic rings. The van der Waals surface area contributed by atoms with Crippen molar-refractivity contribution in [1.29, 1.82) is 0 Å². The van der Waals surface area contributed by atoms with Crippen molar-refractivity contribution in [3.05, 3.63) is 59.7 Å². The Labute approximate surface area is 160 Å². The zero-order valence-electron chi connectivity index (χ0n) is 15.7. The Morgan fingerprint density at radius 1 is 0.963 bits per heavy atom. The standard InChI is InChI=1S/C23H26O4/c1-2-3-4-5-14-20(22(24)25)23(26)27-15-21-18-12-8-6-10-16(18)17-11-7-9-13-19(17)21/h6-13,20-21H,2-5,14-15H2,1H3,(H,24,25). The number of hydrogen-bond donors (Lipinski definition) is 1. The summed E-state index contributed by atoms with van der Waals surface area (Å²) in [6.07, 6.45) is 4.14. The van der Waals surface area contributed by atoms with Gasteiger partial charge in [-0.2, -0.15) is 0 Å². The summed E-state index contributed by atoms with van der Waals surface area (Å²) in [5, 5.41) is 9.41. The highest BCUT2D eigenvalue weighted by atomic mass is 16.5. The lowest BCUT2D eigenvalue weighted by atomic mass is 9.97. The number of rotatable bonds is 9. The number of ether oxygens (including phenoxy) is 1. The van der Waals surface area contributed by atoms with Gasteiger partial charge in [0.2, 0.25) is 0 Å². The molecule has 4 heteroatoms. The van der Waals surface area contributed by atoms with Gasteiger partial charge >= 0.3 is 11.9 Å². The van der Waals surface area contributed by atoms with E-state index < -0.39 is 17.9 Å². The number of aliphatic carboxylic acids is 1. The first-order valence-electron chi connectivity index (χ1n) is 9.71. The van der Waals surface area contributed by atoms with Gasteiger partial charge in [-0.15, -0.1) is 0 Å². The van der Waals surface area contributed by atoms with Crippen LogP contribution in [0.3, 0.4) is 0 Å². The number of esters is 1. The van der Waals surface area contributed by atoms with E-state index in [0.717, 1.165) is 47.9 Å². The minimum Gasteiger partial charge on any atom is -0.481 e.